The van der Waals surface area contributed by atoms with Gasteiger partial charge in [-0.25, -0.2) is 4.39 Å². The highest BCUT2D eigenvalue weighted by Gasteiger charge is 2.25. The van der Waals surface area contributed by atoms with Gasteiger partial charge in [-0.2, -0.15) is 0 Å². The third kappa shape index (κ3) is 6.28. The van der Waals surface area contributed by atoms with Crippen molar-refractivity contribution in [2.75, 3.05) is 20.3 Å². The highest BCUT2D eigenvalue weighted by atomic mass is 19.1. The summed E-state index contributed by atoms with van der Waals surface area (Å²) in [5.41, 5.74) is 3.12. The maximum atomic E-state index is 13.5. The van der Waals surface area contributed by atoms with Crippen LogP contribution < -0.4 is 0 Å². The number of carbonyl (C=O) groups is 1. The van der Waals surface area contributed by atoms with Gasteiger partial charge in [-0.3, -0.25) is 4.79 Å². The number of amides is 1. The standard InChI is InChI=1S/C26H31FN2O2/c1-3-25(22-9-5-4-6-10-22)26(30)29(17-8-18-31-2)20-24-11-7-16-28(24)19-21-12-14-23(27)15-13-21/h4-7,9-16,25H,3,8,17-20H2,1-2H3. The number of ether oxygens (including phenoxy) is 1. The van der Waals surface area contributed by atoms with E-state index in [9.17, 15) is 9.18 Å². The summed E-state index contributed by atoms with van der Waals surface area (Å²) in [5.74, 6) is -0.262. The summed E-state index contributed by atoms with van der Waals surface area (Å²) < 4.78 is 20.6. The predicted molar refractivity (Wildman–Crippen MR) is 121 cm³/mol. The molecule has 164 valence electrons. The van der Waals surface area contributed by atoms with Gasteiger partial charge in [0.2, 0.25) is 5.91 Å². The summed E-state index contributed by atoms with van der Waals surface area (Å²) in [7, 11) is 1.68. The van der Waals surface area contributed by atoms with Crippen LogP contribution in [0, 0.1) is 5.82 Å². The lowest BCUT2D eigenvalue weighted by atomic mass is 9.95. The van der Waals surface area contributed by atoms with E-state index in [1.54, 1.807) is 19.2 Å². The monoisotopic (exact) mass is 422 g/mol. The highest BCUT2D eigenvalue weighted by molar-refractivity contribution is 5.83. The number of hydrogen-bond acceptors (Lipinski definition) is 2. The second-order valence-corrected chi connectivity index (χ2v) is 7.73. The van der Waals surface area contributed by atoms with Crippen molar-refractivity contribution < 1.29 is 13.9 Å². The molecule has 4 nitrogen and oxygen atoms in total. The molecule has 0 aliphatic rings. The Morgan fingerprint density at radius 1 is 1.06 bits per heavy atom. The maximum Gasteiger partial charge on any atom is 0.230 e. The van der Waals surface area contributed by atoms with E-state index in [0.717, 1.165) is 29.7 Å². The number of carbonyl (C=O) groups excluding carboxylic acids is 1. The normalized spacial score (nSPS) is 12.0. The topological polar surface area (TPSA) is 34.5 Å². The van der Waals surface area contributed by atoms with Gasteiger partial charge in [-0.1, -0.05) is 49.4 Å². The van der Waals surface area contributed by atoms with Gasteiger partial charge in [0.1, 0.15) is 5.82 Å². The van der Waals surface area contributed by atoms with Crippen molar-refractivity contribution in [2.24, 2.45) is 0 Å². The van der Waals surface area contributed by atoms with Crippen LogP contribution in [0.4, 0.5) is 4.39 Å². The highest BCUT2D eigenvalue weighted by Crippen LogP contribution is 2.23. The van der Waals surface area contributed by atoms with Crippen molar-refractivity contribution in [3.63, 3.8) is 0 Å². The zero-order chi connectivity index (χ0) is 22.1. The lowest BCUT2D eigenvalue weighted by Crippen LogP contribution is -2.36. The van der Waals surface area contributed by atoms with Crippen LogP contribution in [0.5, 0.6) is 0 Å². The molecule has 0 bridgehead atoms. The van der Waals surface area contributed by atoms with Crippen LogP contribution in [0.15, 0.2) is 72.9 Å². The average molecular weight is 423 g/mol. The quantitative estimate of drug-likeness (QED) is 0.396. The number of aromatic nitrogens is 1. The van der Waals surface area contributed by atoms with Crippen LogP contribution in [0.25, 0.3) is 0 Å². The van der Waals surface area contributed by atoms with Crippen LogP contribution in [0.2, 0.25) is 0 Å². The largest absolute Gasteiger partial charge is 0.385 e. The Balaban J connectivity index is 1.79. The average Bonchev–Trinajstić information content (AvgIpc) is 3.22. The fourth-order valence-corrected chi connectivity index (χ4v) is 3.85. The first kappa shape index (κ1) is 22.8. The van der Waals surface area contributed by atoms with Gasteiger partial charge >= 0.3 is 0 Å². The fourth-order valence-electron chi connectivity index (χ4n) is 3.85. The van der Waals surface area contributed by atoms with E-state index in [1.807, 2.05) is 53.6 Å². The minimum atomic E-state index is -0.238. The fraction of sp³-hybridized carbons (Fsp3) is 0.346. The lowest BCUT2D eigenvalue weighted by Gasteiger charge is -2.28. The Morgan fingerprint density at radius 2 is 1.81 bits per heavy atom. The van der Waals surface area contributed by atoms with Crippen molar-refractivity contribution in [2.45, 2.75) is 38.8 Å². The minimum Gasteiger partial charge on any atom is -0.385 e. The molecule has 0 aliphatic heterocycles. The molecule has 1 unspecified atom stereocenters. The van der Waals surface area contributed by atoms with Gasteiger partial charge in [0.05, 0.1) is 12.5 Å². The molecule has 0 spiro atoms. The van der Waals surface area contributed by atoms with Crippen LogP contribution in [-0.2, 0) is 22.6 Å². The molecule has 2 aromatic carbocycles. The predicted octanol–water partition coefficient (Wildman–Crippen LogP) is 5.23. The van der Waals surface area contributed by atoms with Crippen molar-refractivity contribution >= 4 is 5.91 Å². The van der Waals surface area contributed by atoms with Gasteiger partial charge < -0.3 is 14.2 Å². The zero-order valence-electron chi connectivity index (χ0n) is 18.3. The molecule has 31 heavy (non-hydrogen) atoms. The molecule has 0 aliphatic carbocycles. The summed E-state index contributed by atoms with van der Waals surface area (Å²) in [6.07, 6.45) is 3.54. The summed E-state index contributed by atoms with van der Waals surface area (Å²) in [6.45, 7) is 4.47. The molecule has 5 heteroatoms. The summed E-state index contributed by atoms with van der Waals surface area (Å²) >= 11 is 0. The number of benzene rings is 2. The SMILES string of the molecule is CCC(C(=O)N(CCCOC)Cc1cccn1Cc1ccc(F)cc1)c1ccccc1. The molecule has 3 aromatic rings. The van der Waals surface area contributed by atoms with Crippen molar-refractivity contribution in [1.82, 2.24) is 9.47 Å². The number of rotatable bonds is 11. The van der Waals surface area contributed by atoms with Crippen LogP contribution in [-0.4, -0.2) is 35.6 Å². The van der Waals surface area contributed by atoms with Crippen LogP contribution in [0.1, 0.15) is 42.5 Å². The number of nitrogens with zero attached hydrogens (tertiary/aromatic N) is 2. The van der Waals surface area contributed by atoms with Gasteiger partial charge in [0.25, 0.3) is 0 Å². The minimum absolute atomic E-state index is 0.138. The Hall–Kier alpha value is -2.92. The second-order valence-electron chi connectivity index (χ2n) is 7.73. The summed E-state index contributed by atoms with van der Waals surface area (Å²) in [6, 6.07) is 20.6. The Bertz CT molecular complexity index is 938. The Kier molecular flexibility index (Phi) is 8.42. The van der Waals surface area contributed by atoms with Gasteiger partial charge in [0.15, 0.2) is 0 Å². The number of methoxy groups -OCH3 is 1. The van der Waals surface area contributed by atoms with Gasteiger partial charge in [-0.05, 0) is 48.2 Å². The molecular formula is C26H31FN2O2. The van der Waals surface area contributed by atoms with Crippen LogP contribution >= 0.6 is 0 Å². The van der Waals surface area contributed by atoms with E-state index in [2.05, 4.69) is 11.5 Å². The third-order valence-corrected chi connectivity index (χ3v) is 5.54. The van der Waals surface area contributed by atoms with Gasteiger partial charge in [-0.15, -0.1) is 0 Å². The first-order chi connectivity index (χ1) is 15.1. The molecule has 1 heterocycles. The molecule has 1 amide bonds. The Morgan fingerprint density at radius 3 is 2.48 bits per heavy atom. The van der Waals surface area contributed by atoms with E-state index in [-0.39, 0.29) is 17.6 Å². The van der Waals surface area contributed by atoms with Gasteiger partial charge in [0, 0.05) is 38.7 Å². The molecular weight excluding hydrogens is 391 g/mol. The van der Waals surface area contributed by atoms with Crippen molar-refractivity contribution in [3.05, 3.63) is 95.6 Å². The van der Waals surface area contributed by atoms with Crippen molar-refractivity contribution in [1.29, 1.82) is 0 Å². The third-order valence-electron chi connectivity index (χ3n) is 5.54. The summed E-state index contributed by atoms with van der Waals surface area (Å²) in [5, 5.41) is 0. The lowest BCUT2D eigenvalue weighted by molar-refractivity contribution is -0.133. The number of halogens is 1. The van der Waals surface area contributed by atoms with E-state index < -0.39 is 0 Å². The molecule has 1 aromatic heterocycles. The number of hydrogen-bond donors (Lipinski definition) is 0. The second kappa shape index (κ2) is 11.5. The Labute approximate surface area is 184 Å². The first-order valence-corrected chi connectivity index (χ1v) is 10.8. The molecule has 0 saturated carbocycles. The molecule has 0 saturated heterocycles. The summed E-state index contributed by atoms with van der Waals surface area (Å²) in [4.78, 5) is 15.5. The smallest absolute Gasteiger partial charge is 0.230 e. The van der Waals surface area contributed by atoms with E-state index in [0.29, 0.717) is 26.2 Å². The first-order valence-electron chi connectivity index (χ1n) is 10.8. The zero-order valence-corrected chi connectivity index (χ0v) is 18.3. The van der Waals surface area contributed by atoms with Crippen LogP contribution in [0.3, 0.4) is 0 Å². The molecule has 0 N–H and O–H groups in total. The van der Waals surface area contributed by atoms with E-state index in [1.165, 1.54) is 12.1 Å². The van der Waals surface area contributed by atoms with E-state index >= 15 is 0 Å². The maximum absolute atomic E-state index is 13.5. The molecule has 0 fully saturated rings. The van der Waals surface area contributed by atoms with Crippen molar-refractivity contribution in [3.8, 4) is 0 Å². The molecule has 1 atom stereocenters. The van der Waals surface area contributed by atoms with E-state index in [4.69, 9.17) is 4.74 Å². The molecule has 3 rings (SSSR count). The molecule has 0 radical (unpaired) electrons.